The van der Waals surface area contributed by atoms with Crippen molar-refractivity contribution in [1.29, 1.82) is 0 Å². The van der Waals surface area contributed by atoms with Crippen LogP contribution in [0, 0.1) is 5.82 Å². The van der Waals surface area contributed by atoms with Crippen LogP contribution in [0.4, 0.5) is 20.9 Å². The minimum Gasteiger partial charge on any atom is -0.495 e. The topological polar surface area (TPSA) is 97.8 Å². The number of aromatic nitrogens is 1. The van der Waals surface area contributed by atoms with E-state index in [1.165, 1.54) is 54.6 Å². The first-order valence-corrected chi connectivity index (χ1v) is 10.6. The Morgan fingerprint density at radius 3 is 2.79 bits per heavy atom. The first-order chi connectivity index (χ1) is 13.9. The Hall–Kier alpha value is -3.18. The maximum atomic E-state index is 13.8. The van der Waals surface area contributed by atoms with Crippen LogP contribution < -0.4 is 19.1 Å². The van der Waals surface area contributed by atoms with E-state index in [1.54, 1.807) is 5.38 Å². The second kappa shape index (κ2) is 7.33. The van der Waals surface area contributed by atoms with E-state index < -0.39 is 21.7 Å². The number of methoxy groups -OCH3 is 1. The zero-order valence-electron chi connectivity index (χ0n) is 15.0. The van der Waals surface area contributed by atoms with E-state index in [2.05, 4.69) is 9.71 Å². The first kappa shape index (κ1) is 19.2. The molecule has 0 spiro atoms. The summed E-state index contributed by atoms with van der Waals surface area (Å²) in [6, 6.07) is 7.84. The van der Waals surface area contributed by atoms with Crippen molar-refractivity contribution in [2.24, 2.45) is 0 Å². The van der Waals surface area contributed by atoms with E-state index in [-0.39, 0.29) is 39.5 Å². The zero-order chi connectivity index (χ0) is 20.6. The SMILES string of the molecule is COc1ccc(F)cc1N1C(=O)COc2cc(S(=O)(=O)Nc3nccs3)ccc21. The number of carbonyl (C=O) groups excluding carboxylic acids is 1. The van der Waals surface area contributed by atoms with Crippen LogP contribution in [0.5, 0.6) is 11.5 Å². The van der Waals surface area contributed by atoms with Crippen molar-refractivity contribution in [3.63, 3.8) is 0 Å². The first-order valence-electron chi connectivity index (χ1n) is 8.25. The monoisotopic (exact) mass is 435 g/mol. The highest BCUT2D eigenvalue weighted by Crippen LogP contribution is 2.42. The normalized spacial score (nSPS) is 13.6. The minimum absolute atomic E-state index is 0.0630. The van der Waals surface area contributed by atoms with E-state index >= 15 is 0 Å². The maximum Gasteiger partial charge on any atom is 0.269 e. The van der Waals surface area contributed by atoms with E-state index in [1.807, 2.05) is 0 Å². The van der Waals surface area contributed by atoms with Crippen LogP contribution in [0.2, 0.25) is 0 Å². The van der Waals surface area contributed by atoms with Gasteiger partial charge in [-0.1, -0.05) is 0 Å². The summed E-state index contributed by atoms with van der Waals surface area (Å²) in [5.74, 6) is -0.543. The number of thiazole rings is 1. The number of amides is 1. The van der Waals surface area contributed by atoms with Crippen LogP contribution >= 0.6 is 11.3 Å². The molecule has 1 aromatic heterocycles. The molecule has 0 saturated heterocycles. The van der Waals surface area contributed by atoms with Gasteiger partial charge in [0, 0.05) is 23.7 Å². The number of benzene rings is 2. The van der Waals surface area contributed by atoms with E-state index in [4.69, 9.17) is 9.47 Å². The Labute approximate surface area is 169 Å². The third-order valence-corrected chi connectivity index (χ3v) is 6.27. The molecule has 29 heavy (non-hydrogen) atoms. The van der Waals surface area contributed by atoms with Crippen LogP contribution in [-0.2, 0) is 14.8 Å². The summed E-state index contributed by atoms with van der Waals surface area (Å²) in [5.41, 5.74) is 0.469. The fraction of sp³-hybridized carbons (Fsp3) is 0.111. The summed E-state index contributed by atoms with van der Waals surface area (Å²) in [6.45, 7) is -0.337. The average Bonchev–Trinajstić information content (AvgIpc) is 3.20. The van der Waals surface area contributed by atoms with Crippen molar-refractivity contribution in [2.75, 3.05) is 23.3 Å². The number of sulfonamides is 1. The Morgan fingerprint density at radius 1 is 1.24 bits per heavy atom. The van der Waals surface area contributed by atoms with Crippen LogP contribution in [0.3, 0.4) is 0 Å². The molecule has 1 aliphatic heterocycles. The Balaban J connectivity index is 1.76. The van der Waals surface area contributed by atoms with Gasteiger partial charge in [0.25, 0.3) is 15.9 Å². The molecular formula is C18H14FN3O5S2. The zero-order valence-corrected chi connectivity index (χ0v) is 16.6. The van der Waals surface area contributed by atoms with Crippen molar-refractivity contribution in [2.45, 2.75) is 4.90 Å². The van der Waals surface area contributed by atoms with Gasteiger partial charge in [-0.15, -0.1) is 11.3 Å². The van der Waals surface area contributed by atoms with Gasteiger partial charge in [0.2, 0.25) is 0 Å². The molecule has 1 N–H and O–H groups in total. The lowest BCUT2D eigenvalue weighted by Gasteiger charge is -2.30. The lowest BCUT2D eigenvalue weighted by atomic mass is 10.2. The molecule has 8 nitrogen and oxygen atoms in total. The number of halogens is 1. The molecule has 2 aromatic carbocycles. The van der Waals surface area contributed by atoms with Gasteiger partial charge in [-0.25, -0.2) is 17.8 Å². The molecule has 150 valence electrons. The molecule has 1 aliphatic rings. The van der Waals surface area contributed by atoms with E-state index in [9.17, 15) is 17.6 Å². The lowest BCUT2D eigenvalue weighted by molar-refractivity contribution is -0.120. The number of hydrogen-bond donors (Lipinski definition) is 1. The number of hydrogen-bond acceptors (Lipinski definition) is 7. The summed E-state index contributed by atoms with van der Waals surface area (Å²) < 4.78 is 52.1. The van der Waals surface area contributed by atoms with Crippen LogP contribution in [0.15, 0.2) is 52.9 Å². The Kier molecular flexibility index (Phi) is 4.84. The maximum absolute atomic E-state index is 13.8. The summed E-state index contributed by atoms with van der Waals surface area (Å²) >= 11 is 1.14. The number of anilines is 3. The summed E-state index contributed by atoms with van der Waals surface area (Å²) in [6.07, 6.45) is 1.48. The molecule has 0 bridgehead atoms. The predicted molar refractivity (Wildman–Crippen MR) is 105 cm³/mol. The lowest BCUT2D eigenvalue weighted by Crippen LogP contribution is -2.35. The minimum atomic E-state index is -3.90. The van der Waals surface area contributed by atoms with Gasteiger partial charge in [-0.3, -0.25) is 14.4 Å². The van der Waals surface area contributed by atoms with Crippen molar-refractivity contribution >= 4 is 43.8 Å². The molecule has 11 heteroatoms. The van der Waals surface area contributed by atoms with Crippen molar-refractivity contribution in [1.82, 2.24) is 4.98 Å². The molecule has 0 fully saturated rings. The fourth-order valence-electron chi connectivity index (χ4n) is 2.85. The van der Waals surface area contributed by atoms with Crippen molar-refractivity contribution < 1.29 is 27.1 Å². The van der Waals surface area contributed by atoms with Crippen molar-refractivity contribution in [3.8, 4) is 11.5 Å². The molecule has 2 heterocycles. The highest BCUT2D eigenvalue weighted by molar-refractivity contribution is 7.93. The van der Waals surface area contributed by atoms with Gasteiger partial charge in [0.1, 0.15) is 17.3 Å². The molecule has 0 atom stereocenters. The van der Waals surface area contributed by atoms with Gasteiger partial charge >= 0.3 is 0 Å². The largest absolute Gasteiger partial charge is 0.495 e. The molecule has 0 radical (unpaired) electrons. The van der Waals surface area contributed by atoms with Gasteiger partial charge < -0.3 is 9.47 Å². The standard InChI is InChI=1S/C18H14FN3O5S2/c1-26-15-5-2-11(19)8-14(15)22-13-4-3-12(9-16(13)27-10-17(22)23)29(24,25)21-18-20-6-7-28-18/h2-9H,10H2,1H3,(H,20,21). The molecule has 4 rings (SSSR count). The summed E-state index contributed by atoms with van der Waals surface area (Å²) in [5, 5.41) is 1.87. The fourth-order valence-corrected chi connectivity index (χ4v) is 4.65. The van der Waals surface area contributed by atoms with Gasteiger partial charge in [-0.05, 0) is 24.3 Å². The number of nitrogens with one attached hydrogen (secondary N) is 1. The van der Waals surface area contributed by atoms with Crippen LogP contribution in [0.25, 0.3) is 0 Å². The molecular weight excluding hydrogens is 421 g/mol. The number of rotatable bonds is 5. The number of carbonyl (C=O) groups is 1. The molecule has 1 amide bonds. The second-order valence-corrected chi connectivity index (χ2v) is 8.48. The van der Waals surface area contributed by atoms with Gasteiger partial charge in [0.05, 0.1) is 23.4 Å². The number of ether oxygens (including phenoxy) is 2. The highest BCUT2D eigenvalue weighted by Gasteiger charge is 2.31. The van der Waals surface area contributed by atoms with Gasteiger partial charge in [0.15, 0.2) is 11.7 Å². The predicted octanol–water partition coefficient (Wildman–Crippen LogP) is 3.15. The van der Waals surface area contributed by atoms with Crippen LogP contribution in [0.1, 0.15) is 0 Å². The number of fused-ring (bicyclic) bond motifs is 1. The summed E-state index contributed by atoms with van der Waals surface area (Å²) in [4.78, 5) is 17.6. The second-order valence-electron chi connectivity index (χ2n) is 5.91. The summed E-state index contributed by atoms with van der Waals surface area (Å²) in [7, 11) is -2.50. The van der Waals surface area contributed by atoms with Crippen molar-refractivity contribution in [3.05, 3.63) is 53.8 Å². The Bertz CT molecular complexity index is 1180. The average molecular weight is 435 g/mol. The van der Waals surface area contributed by atoms with Crippen LogP contribution in [-0.4, -0.2) is 33.0 Å². The molecule has 0 aliphatic carbocycles. The molecule has 0 saturated carbocycles. The number of nitrogens with zero attached hydrogens (tertiary/aromatic N) is 2. The smallest absolute Gasteiger partial charge is 0.269 e. The molecule has 0 unspecified atom stereocenters. The quantitative estimate of drug-likeness (QED) is 0.661. The van der Waals surface area contributed by atoms with E-state index in [0.717, 1.165) is 11.3 Å². The molecule has 3 aromatic rings. The van der Waals surface area contributed by atoms with Gasteiger partial charge in [-0.2, -0.15) is 0 Å². The third-order valence-electron chi connectivity index (χ3n) is 4.12. The third kappa shape index (κ3) is 3.61. The highest BCUT2D eigenvalue weighted by atomic mass is 32.2. The Morgan fingerprint density at radius 2 is 2.07 bits per heavy atom. The van der Waals surface area contributed by atoms with E-state index in [0.29, 0.717) is 0 Å².